The molecule has 4 heteroatoms. The molecule has 1 rings (SSSR count). The number of nitrogens with one attached hydrogen (secondary N) is 1. The number of rotatable bonds is 6. The van der Waals surface area contributed by atoms with Crippen molar-refractivity contribution in [3.63, 3.8) is 0 Å². The van der Waals surface area contributed by atoms with Gasteiger partial charge in [-0.3, -0.25) is 9.59 Å². The lowest BCUT2D eigenvalue weighted by molar-refractivity contribution is -0.138. The lowest BCUT2D eigenvalue weighted by Crippen LogP contribution is -2.46. The van der Waals surface area contributed by atoms with Crippen LogP contribution in [0.5, 0.6) is 0 Å². The third-order valence-corrected chi connectivity index (χ3v) is 3.49. The van der Waals surface area contributed by atoms with Gasteiger partial charge in [0.05, 0.1) is 0 Å². The third kappa shape index (κ3) is 4.51. The van der Waals surface area contributed by atoms with Gasteiger partial charge in [-0.25, -0.2) is 0 Å². The minimum atomic E-state index is -0.282. The first-order chi connectivity index (χ1) is 9.63. The van der Waals surface area contributed by atoms with Crippen LogP contribution >= 0.6 is 0 Å². The topological polar surface area (TPSA) is 49.4 Å². The van der Waals surface area contributed by atoms with Gasteiger partial charge in [-0.15, -0.1) is 0 Å². The van der Waals surface area contributed by atoms with Crippen molar-refractivity contribution >= 4 is 11.8 Å². The fraction of sp³-hybridized carbons (Fsp3) is 0.625. The fourth-order valence-corrected chi connectivity index (χ4v) is 2.52. The van der Waals surface area contributed by atoms with E-state index in [0.717, 1.165) is 24.8 Å². The maximum Gasteiger partial charge on any atom is 0.243 e. The zero-order chi connectivity index (χ0) is 15.0. The van der Waals surface area contributed by atoms with E-state index < -0.39 is 0 Å². The maximum atomic E-state index is 12.2. The molecule has 1 fully saturated rings. The molecule has 4 nitrogen and oxygen atoms in total. The SMILES string of the molecule is C/C=C\C(=C/CC)CNC(=O)[C@@H]1CCCN1C(=O)CC. The Morgan fingerprint density at radius 3 is 2.70 bits per heavy atom. The Hall–Kier alpha value is -1.58. The van der Waals surface area contributed by atoms with Crippen LogP contribution < -0.4 is 5.32 Å². The monoisotopic (exact) mass is 278 g/mol. The molecule has 0 radical (unpaired) electrons. The molecule has 1 saturated heterocycles. The van der Waals surface area contributed by atoms with Crippen molar-refractivity contribution < 1.29 is 9.59 Å². The summed E-state index contributed by atoms with van der Waals surface area (Å²) >= 11 is 0. The molecule has 0 unspecified atom stereocenters. The van der Waals surface area contributed by atoms with Gasteiger partial charge in [-0.2, -0.15) is 0 Å². The summed E-state index contributed by atoms with van der Waals surface area (Å²) in [6.45, 7) is 7.11. The predicted octanol–water partition coefficient (Wildman–Crippen LogP) is 2.42. The highest BCUT2D eigenvalue weighted by molar-refractivity contribution is 5.88. The van der Waals surface area contributed by atoms with Gasteiger partial charge < -0.3 is 10.2 Å². The van der Waals surface area contributed by atoms with Crippen LogP contribution in [0.2, 0.25) is 0 Å². The first kappa shape index (κ1) is 16.5. The van der Waals surface area contributed by atoms with E-state index in [2.05, 4.69) is 18.3 Å². The van der Waals surface area contributed by atoms with E-state index in [9.17, 15) is 9.59 Å². The molecule has 0 aromatic carbocycles. The van der Waals surface area contributed by atoms with Crippen LogP contribution in [0.25, 0.3) is 0 Å². The number of hydrogen-bond donors (Lipinski definition) is 1. The van der Waals surface area contributed by atoms with Gasteiger partial charge in [0.2, 0.25) is 11.8 Å². The van der Waals surface area contributed by atoms with E-state index in [1.54, 1.807) is 4.90 Å². The standard InChI is InChI=1S/C16H26N2O2/c1-4-8-13(9-5-2)12-17-16(20)14-10-7-11-18(14)15(19)6-3/h4,8-9,14H,5-7,10-12H2,1-3H3,(H,17,20)/b8-4-,13-9+/t14-/m0/s1. The van der Waals surface area contributed by atoms with E-state index in [0.29, 0.717) is 19.5 Å². The van der Waals surface area contributed by atoms with E-state index in [-0.39, 0.29) is 17.9 Å². The Bertz CT molecular complexity index is 399. The molecule has 0 saturated carbocycles. The zero-order valence-electron chi connectivity index (χ0n) is 12.8. The van der Waals surface area contributed by atoms with E-state index in [4.69, 9.17) is 0 Å². The smallest absolute Gasteiger partial charge is 0.243 e. The van der Waals surface area contributed by atoms with Gasteiger partial charge in [0.1, 0.15) is 6.04 Å². The quantitative estimate of drug-likeness (QED) is 0.759. The molecule has 2 amide bonds. The molecule has 1 aliphatic rings. The summed E-state index contributed by atoms with van der Waals surface area (Å²) in [6, 6.07) is -0.282. The van der Waals surface area contributed by atoms with Crippen molar-refractivity contribution in [1.82, 2.24) is 10.2 Å². The predicted molar refractivity (Wildman–Crippen MR) is 81.2 cm³/mol. The molecular weight excluding hydrogens is 252 g/mol. The van der Waals surface area contributed by atoms with Gasteiger partial charge in [0.25, 0.3) is 0 Å². The molecule has 0 bridgehead atoms. The van der Waals surface area contributed by atoms with Gasteiger partial charge in [0.15, 0.2) is 0 Å². The van der Waals surface area contributed by atoms with Gasteiger partial charge >= 0.3 is 0 Å². The lowest BCUT2D eigenvalue weighted by Gasteiger charge is -2.23. The second kappa shape index (κ2) is 8.56. The Morgan fingerprint density at radius 1 is 1.35 bits per heavy atom. The van der Waals surface area contributed by atoms with Crippen LogP contribution in [0.4, 0.5) is 0 Å². The van der Waals surface area contributed by atoms with Crippen molar-refractivity contribution in [3.05, 3.63) is 23.8 Å². The normalized spacial score (nSPS) is 19.6. The van der Waals surface area contributed by atoms with Crippen LogP contribution in [-0.4, -0.2) is 35.8 Å². The summed E-state index contributed by atoms with van der Waals surface area (Å²) in [6.07, 6.45) is 9.17. The van der Waals surface area contributed by atoms with Gasteiger partial charge in [0, 0.05) is 19.5 Å². The number of nitrogens with zero attached hydrogens (tertiary/aromatic N) is 1. The molecule has 1 N–H and O–H groups in total. The summed E-state index contributed by atoms with van der Waals surface area (Å²) in [5.41, 5.74) is 1.11. The van der Waals surface area contributed by atoms with Crippen LogP contribution in [0.15, 0.2) is 23.8 Å². The number of amides is 2. The van der Waals surface area contributed by atoms with Crippen molar-refractivity contribution in [2.75, 3.05) is 13.1 Å². The summed E-state index contributed by atoms with van der Waals surface area (Å²) in [5, 5.41) is 2.95. The minimum Gasteiger partial charge on any atom is -0.350 e. The van der Waals surface area contributed by atoms with Crippen molar-refractivity contribution in [3.8, 4) is 0 Å². The highest BCUT2D eigenvalue weighted by Crippen LogP contribution is 2.18. The molecule has 1 atom stereocenters. The Balaban J connectivity index is 2.57. The second-order valence-electron chi connectivity index (χ2n) is 5.00. The molecule has 0 aromatic heterocycles. The van der Waals surface area contributed by atoms with Crippen LogP contribution in [0.3, 0.4) is 0 Å². The van der Waals surface area contributed by atoms with Crippen molar-refractivity contribution in [2.45, 2.75) is 52.5 Å². The summed E-state index contributed by atoms with van der Waals surface area (Å²) in [7, 11) is 0. The summed E-state index contributed by atoms with van der Waals surface area (Å²) < 4.78 is 0. The second-order valence-corrected chi connectivity index (χ2v) is 5.00. The average Bonchev–Trinajstić information content (AvgIpc) is 2.93. The number of likely N-dealkylation sites (tertiary alicyclic amines) is 1. The average molecular weight is 278 g/mol. The molecule has 1 aliphatic heterocycles. The van der Waals surface area contributed by atoms with Crippen molar-refractivity contribution in [2.24, 2.45) is 0 Å². The Labute approximate surface area is 121 Å². The number of hydrogen-bond acceptors (Lipinski definition) is 2. The summed E-state index contributed by atoms with van der Waals surface area (Å²) in [5.74, 6) is 0.0382. The van der Waals surface area contributed by atoms with Gasteiger partial charge in [-0.1, -0.05) is 32.1 Å². The Kier molecular flexibility index (Phi) is 7.05. The molecule has 0 spiro atoms. The van der Waals surface area contributed by atoms with Crippen LogP contribution in [0, 0.1) is 0 Å². The Morgan fingerprint density at radius 2 is 2.10 bits per heavy atom. The molecule has 20 heavy (non-hydrogen) atoms. The fourth-order valence-electron chi connectivity index (χ4n) is 2.52. The first-order valence-electron chi connectivity index (χ1n) is 7.52. The maximum absolute atomic E-state index is 12.2. The highest BCUT2D eigenvalue weighted by Gasteiger charge is 2.32. The van der Waals surface area contributed by atoms with Crippen LogP contribution in [-0.2, 0) is 9.59 Å². The van der Waals surface area contributed by atoms with E-state index in [1.165, 1.54) is 0 Å². The first-order valence-corrected chi connectivity index (χ1v) is 7.52. The third-order valence-electron chi connectivity index (χ3n) is 3.49. The van der Waals surface area contributed by atoms with E-state index in [1.807, 2.05) is 26.0 Å². The number of carbonyl (C=O) groups is 2. The van der Waals surface area contributed by atoms with Gasteiger partial charge in [-0.05, 0) is 31.8 Å². The molecule has 0 aromatic rings. The van der Waals surface area contributed by atoms with Crippen LogP contribution in [0.1, 0.15) is 46.5 Å². The molecule has 1 heterocycles. The lowest BCUT2D eigenvalue weighted by atomic mass is 10.1. The summed E-state index contributed by atoms with van der Waals surface area (Å²) in [4.78, 5) is 25.7. The molecule has 0 aliphatic carbocycles. The largest absolute Gasteiger partial charge is 0.350 e. The number of carbonyl (C=O) groups excluding carboxylic acids is 2. The van der Waals surface area contributed by atoms with Crippen molar-refractivity contribution in [1.29, 1.82) is 0 Å². The minimum absolute atomic E-state index is 0.0317. The number of allylic oxidation sites excluding steroid dienone is 2. The molecule has 112 valence electrons. The zero-order valence-corrected chi connectivity index (χ0v) is 12.8. The highest BCUT2D eigenvalue weighted by atomic mass is 16.2. The van der Waals surface area contributed by atoms with E-state index >= 15 is 0 Å². The molecular formula is C16H26N2O2.